The number of rotatable bonds is 5. The zero-order valence-corrected chi connectivity index (χ0v) is 11.6. The van der Waals surface area contributed by atoms with E-state index in [9.17, 15) is 4.79 Å². The van der Waals surface area contributed by atoms with Gasteiger partial charge in [-0.3, -0.25) is 9.89 Å². The van der Waals surface area contributed by atoms with Crippen LogP contribution in [0.5, 0.6) is 11.5 Å². The van der Waals surface area contributed by atoms with E-state index in [1.54, 1.807) is 25.3 Å². The van der Waals surface area contributed by atoms with Crippen LogP contribution in [0.25, 0.3) is 0 Å². The SMILES string of the molecule is CCc1nc(C(=O)Nc2ccc(OC)cc2OC)n[nH]1. The monoisotopic (exact) mass is 276 g/mol. The van der Waals surface area contributed by atoms with Crippen LogP contribution in [0.15, 0.2) is 18.2 Å². The summed E-state index contributed by atoms with van der Waals surface area (Å²) < 4.78 is 10.3. The van der Waals surface area contributed by atoms with Gasteiger partial charge in [0, 0.05) is 12.5 Å². The summed E-state index contributed by atoms with van der Waals surface area (Å²) in [6.07, 6.45) is 0.687. The lowest BCUT2D eigenvalue weighted by Gasteiger charge is -2.10. The minimum absolute atomic E-state index is 0.0970. The predicted molar refractivity (Wildman–Crippen MR) is 73.3 cm³/mol. The molecule has 0 bridgehead atoms. The van der Waals surface area contributed by atoms with Crippen molar-refractivity contribution >= 4 is 11.6 Å². The highest BCUT2D eigenvalue weighted by Crippen LogP contribution is 2.29. The number of methoxy groups -OCH3 is 2. The van der Waals surface area contributed by atoms with Crippen LogP contribution in [-0.2, 0) is 6.42 Å². The van der Waals surface area contributed by atoms with E-state index in [1.807, 2.05) is 6.92 Å². The average Bonchev–Trinajstić information content (AvgIpc) is 2.96. The molecule has 1 aromatic heterocycles. The maximum Gasteiger partial charge on any atom is 0.295 e. The van der Waals surface area contributed by atoms with Crippen LogP contribution < -0.4 is 14.8 Å². The molecule has 7 heteroatoms. The first kappa shape index (κ1) is 13.9. The third-order valence-corrected chi connectivity index (χ3v) is 2.73. The molecule has 2 aromatic rings. The van der Waals surface area contributed by atoms with Gasteiger partial charge in [0.15, 0.2) is 0 Å². The Bertz CT molecular complexity index is 609. The Labute approximate surface area is 116 Å². The second-order valence-electron chi connectivity index (χ2n) is 3.98. The summed E-state index contributed by atoms with van der Waals surface area (Å²) in [4.78, 5) is 16.1. The standard InChI is InChI=1S/C13H16N4O3/c1-4-11-15-12(17-16-11)13(18)14-9-6-5-8(19-2)7-10(9)20-3/h5-7H,4H2,1-3H3,(H,14,18)(H,15,16,17). The van der Waals surface area contributed by atoms with Crippen molar-refractivity contribution in [3.05, 3.63) is 29.8 Å². The number of amides is 1. The van der Waals surface area contributed by atoms with Gasteiger partial charge < -0.3 is 14.8 Å². The van der Waals surface area contributed by atoms with E-state index in [2.05, 4.69) is 20.5 Å². The summed E-state index contributed by atoms with van der Waals surface area (Å²) in [5, 5.41) is 9.26. The molecule has 0 aliphatic carbocycles. The second kappa shape index (κ2) is 6.05. The number of aromatic nitrogens is 3. The second-order valence-corrected chi connectivity index (χ2v) is 3.98. The quantitative estimate of drug-likeness (QED) is 0.866. The molecular formula is C13H16N4O3. The molecule has 1 heterocycles. The van der Waals surface area contributed by atoms with Gasteiger partial charge in [-0.25, -0.2) is 4.98 Å². The third kappa shape index (κ3) is 2.87. The van der Waals surface area contributed by atoms with Crippen molar-refractivity contribution in [3.63, 3.8) is 0 Å². The first-order valence-corrected chi connectivity index (χ1v) is 6.12. The lowest BCUT2D eigenvalue weighted by atomic mass is 10.2. The summed E-state index contributed by atoms with van der Waals surface area (Å²) in [6.45, 7) is 1.93. The fourth-order valence-electron chi connectivity index (χ4n) is 1.63. The minimum Gasteiger partial charge on any atom is -0.497 e. The zero-order valence-electron chi connectivity index (χ0n) is 11.6. The Morgan fingerprint density at radius 1 is 1.35 bits per heavy atom. The summed E-state index contributed by atoms with van der Waals surface area (Å²) in [5.74, 6) is 1.51. The average molecular weight is 276 g/mol. The van der Waals surface area contributed by atoms with Gasteiger partial charge in [-0.1, -0.05) is 6.92 Å². The molecule has 0 unspecified atom stereocenters. The normalized spacial score (nSPS) is 10.2. The van der Waals surface area contributed by atoms with E-state index in [0.29, 0.717) is 29.4 Å². The van der Waals surface area contributed by atoms with Crippen molar-refractivity contribution in [2.45, 2.75) is 13.3 Å². The third-order valence-electron chi connectivity index (χ3n) is 2.73. The number of benzene rings is 1. The van der Waals surface area contributed by atoms with Crippen LogP contribution in [0.1, 0.15) is 23.4 Å². The number of nitrogens with zero attached hydrogens (tertiary/aromatic N) is 2. The van der Waals surface area contributed by atoms with Crippen LogP contribution in [0.3, 0.4) is 0 Å². The van der Waals surface area contributed by atoms with E-state index in [0.717, 1.165) is 0 Å². The molecule has 1 amide bonds. The highest BCUT2D eigenvalue weighted by molar-refractivity contribution is 6.02. The molecule has 2 rings (SSSR count). The van der Waals surface area contributed by atoms with Crippen LogP contribution in [0.4, 0.5) is 5.69 Å². The first-order chi connectivity index (χ1) is 9.67. The van der Waals surface area contributed by atoms with E-state index < -0.39 is 5.91 Å². The Balaban J connectivity index is 2.18. The highest BCUT2D eigenvalue weighted by Gasteiger charge is 2.14. The number of aryl methyl sites for hydroxylation is 1. The number of anilines is 1. The molecule has 2 N–H and O–H groups in total. The van der Waals surface area contributed by atoms with E-state index in [1.165, 1.54) is 7.11 Å². The number of carbonyl (C=O) groups excluding carboxylic acids is 1. The van der Waals surface area contributed by atoms with Crippen molar-refractivity contribution in [3.8, 4) is 11.5 Å². The molecule has 0 saturated carbocycles. The molecule has 0 spiro atoms. The van der Waals surface area contributed by atoms with Gasteiger partial charge in [0.2, 0.25) is 5.82 Å². The largest absolute Gasteiger partial charge is 0.497 e. The lowest BCUT2D eigenvalue weighted by Crippen LogP contribution is -2.14. The van der Waals surface area contributed by atoms with Crippen molar-refractivity contribution in [2.24, 2.45) is 0 Å². The smallest absolute Gasteiger partial charge is 0.295 e. The summed E-state index contributed by atoms with van der Waals surface area (Å²) in [7, 11) is 3.08. The number of H-pyrrole nitrogens is 1. The maximum atomic E-state index is 12.0. The molecule has 0 aliphatic rings. The van der Waals surface area contributed by atoms with E-state index in [4.69, 9.17) is 9.47 Å². The number of nitrogens with one attached hydrogen (secondary N) is 2. The Morgan fingerprint density at radius 3 is 2.75 bits per heavy atom. The van der Waals surface area contributed by atoms with Gasteiger partial charge in [-0.15, -0.1) is 5.10 Å². The Kier molecular flexibility index (Phi) is 4.19. The van der Waals surface area contributed by atoms with E-state index in [-0.39, 0.29) is 5.82 Å². The van der Waals surface area contributed by atoms with Gasteiger partial charge in [-0.2, -0.15) is 0 Å². The number of carbonyl (C=O) groups is 1. The topological polar surface area (TPSA) is 89.1 Å². The number of aromatic amines is 1. The maximum absolute atomic E-state index is 12.0. The molecule has 0 saturated heterocycles. The summed E-state index contributed by atoms with van der Waals surface area (Å²) >= 11 is 0. The van der Waals surface area contributed by atoms with E-state index >= 15 is 0 Å². The van der Waals surface area contributed by atoms with Crippen molar-refractivity contribution < 1.29 is 14.3 Å². The summed E-state index contributed by atoms with van der Waals surface area (Å²) in [5.41, 5.74) is 0.529. The van der Waals surface area contributed by atoms with Crippen molar-refractivity contribution in [2.75, 3.05) is 19.5 Å². The lowest BCUT2D eigenvalue weighted by molar-refractivity contribution is 0.101. The summed E-state index contributed by atoms with van der Waals surface area (Å²) in [6, 6.07) is 5.11. The van der Waals surface area contributed by atoms with Gasteiger partial charge in [0.1, 0.15) is 17.3 Å². The molecular weight excluding hydrogens is 260 g/mol. The van der Waals surface area contributed by atoms with Crippen molar-refractivity contribution in [1.29, 1.82) is 0 Å². The van der Waals surface area contributed by atoms with Gasteiger partial charge in [-0.05, 0) is 12.1 Å². The zero-order chi connectivity index (χ0) is 14.5. The van der Waals surface area contributed by atoms with Gasteiger partial charge in [0.25, 0.3) is 5.91 Å². The van der Waals surface area contributed by atoms with Crippen LogP contribution >= 0.6 is 0 Å². The molecule has 0 fully saturated rings. The van der Waals surface area contributed by atoms with Crippen LogP contribution in [-0.4, -0.2) is 35.3 Å². The first-order valence-electron chi connectivity index (χ1n) is 6.12. The highest BCUT2D eigenvalue weighted by atomic mass is 16.5. The molecule has 0 aliphatic heterocycles. The van der Waals surface area contributed by atoms with Crippen LogP contribution in [0.2, 0.25) is 0 Å². The van der Waals surface area contributed by atoms with Gasteiger partial charge in [0.05, 0.1) is 19.9 Å². The van der Waals surface area contributed by atoms with Gasteiger partial charge >= 0.3 is 0 Å². The molecule has 0 atom stereocenters. The molecule has 0 radical (unpaired) electrons. The predicted octanol–water partition coefficient (Wildman–Crippen LogP) is 1.64. The Morgan fingerprint density at radius 2 is 2.15 bits per heavy atom. The molecule has 7 nitrogen and oxygen atoms in total. The number of ether oxygens (including phenoxy) is 2. The minimum atomic E-state index is -0.399. The number of hydrogen-bond donors (Lipinski definition) is 2. The number of hydrogen-bond acceptors (Lipinski definition) is 5. The fraction of sp³-hybridized carbons (Fsp3) is 0.308. The van der Waals surface area contributed by atoms with Crippen LogP contribution in [0, 0.1) is 0 Å². The molecule has 20 heavy (non-hydrogen) atoms. The van der Waals surface area contributed by atoms with Crippen molar-refractivity contribution in [1.82, 2.24) is 15.2 Å². The molecule has 1 aromatic carbocycles. The fourth-order valence-corrected chi connectivity index (χ4v) is 1.63. The Hall–Kier alpha value is -2.57. The molecule has 106 valence electrons.